The summed E-state index contributed by atoms with van der Waals surface area (Å²) in [6, 6.07) is 0. The van der Waals surface area contributed by atoms with Crippen LogP contribution >= 0.6 is 0 Å². The van der Waals surface area contributed by atoms with Gasteiger partial charge in [0.1, 0.15) is 6.10 Å². The first-order valence-corrected chi connectivity index (χ1v) is 7.12. The highest BCUT2D eigenvalue weighted by Gasteiger charge is 2.38. The Morgan fingerprint density at radius 2 is 1.95 bits per heavy atom. The van der Waals surface area contributed by atoms with Crippen LogP contribution in [0.25, 0.3) is 0 Å². The second-order valence-corrected chi connectivity index (χ2v) is 6.74. The molecule has 0 saturated heterocycles. The number of rotatable bonds is 5. The van der Waals surface area contributed by atoms with Crippen LogP contribution in [-0.4, -0.2) is 23.1 Å². The van der Waals surface area contributed by atoms with E-state index in [1.807, 2.05) is 0 Å². The minimum atomic E-state index is -0.957. The number of carbonyl (C=O) groups excluding carboxylic acids is 1. The van der Waals surface area contributed by atoms with Crippen LogP contribution in [0.15, 0.2) is 0 Å². The topological polar surface area (TPSA) is 63.6 Å². The fourth-order valence-electron chi connectivity index (χ4n) is 2.87. The third-order valence-corrected chi connectivity index (χ3v) is 4.07. The monoisotopic (exact) mass is 270 g/mol. The predicted octanol–water partition coefficient (Wildman–Crippen LogP) is 3.25. The SMILES string of the molecule is CC(C)C1CCC(C)(C)CC1OC(=O)CCC(=O)O. The molecular formula is C15H26O4. The van der Waals surface area contributed by atoms with E-state index in [4.69, 9.17) is 9.84 Å². The molecule has 0 heterocycles. The zero-order chi connectivity index (χ0) is 14.6. The Bertz CT molecular complexity index is 333. The number of esters is 1. The summed E-state index contributed by atoms with van der Waals surface area (Å²) < 4.78 is 5.55. The van der Waals surface area contributed by atoms with Crippen molar-refractivity contribution in [3.63, 3.8) is 0 Å². The molecular weight excluding hydrogens is 244 g/mol. The van der Waals surface area contributed by atoms with Crippen LogP contribution in [0.5, 0.6) is 0 Å². The second-order valence-electron chi connectivity index (χ2n) is 6.74. The van der Waals surface area contributed by atoms with Gasteiger partial charge in [-0.1, -0.05) is 27.7 Å². The minimum Gasteiger partial charge on any atom is -0.481 e. The predicted molar refractivity (Wildman–Crippen MR) is 72.7 cm³/mol. The first-order chi connectivity index (χ1) is 8.71. The molecule has 0 amide bonds. The summed E-state index contributed by atoms with van der Waals surface area (Å²) in [5.74, 6) is -0.465. The third-order valence-electron chi connectivity index (χ3n) is 4.07. The van der Waals surface area contributed by atoms with E-state index in [1.165, 1.54) is 0 Å². The summed E-state index contributed by atoms with van der Waals surface area (Å²) in [4.78, 5) is 22.2. The Kier molecular flexibility index (Phi) is 5.39. The molecule has 4 heteroatoms. The first-order valence-electron chi connectivity index (χ1n) is 7.12. The molecule has 0 radical (unpaired) electrons. The largest absolute Gasteiger partial charge is 0.481 e. The maximum absolute atomic E-state index is 11.7. The van der Waals surface area contributed by atoms with Gasteiger partial charge in [0.15, 0.2) is 0 Å². The zero-order valence-corrected chi connectivity index (χ0v) is 12.4. The summed E-state index contributed by atoms with van der Waals surface area (Å²) in [5, 5.41) is 8.58. The van der Waals surface area contributed by atoms with Crippen molar-refractivity contribution < 1.29 is 19.4 Å². The minimum absolute atomic E-state index is 0.0307. The first kappa shape index (κ1) is 16.0. The molecule has 1 rings (SSSR count). The fraction of sp³-hybridized carbons (Fsp3) is 0.867. The van der Waals surface area contributed by atoms with Gasteiger partial charge >= 0.3 is 11.9 Å². The molecule has 0 spiro atoms. The van der Waals surface area contributed by atoms with Gasteiger partial charge in [-0.05, 0) is 36.5 Å². The maximum atomic E-state index is 11.7. The summed E-state index contributed by atoms with van der Waals surface area (Å²) in [6.45, 7) is 8.70. The standard InChI is InChI=1S/C15H26O4/c1-10(2)11-7-8-15(3,4)9-12(11)19-14(18)6-5-13(16)17/h10-12H,5-9H2,1-4H3,(H,16,17). The van der Waals surface area contributed by atoms with Gasteiger partial charge in [-0.15, -0.1) is 0 Å². The lowest BCUT2D eigenvalue weighted by Crippen LogP contribution is -2.39. The van der Waals surface area contributed by atoms with E-state index in [9.17, 15) is 9.59 Å². The molecule has 0 aliphatic heterocycles. The molecule has 1 aliphatic rings. The smallest absolute Gasteiger partial charge is 0.306 e. The van der Waals surface area contributed by atoms with E-state index in [0.29, 0.717) is 11.8 Å². The Balaban J connectivity index is 2.59. The average Bonchev–Trinajstić information content (AvgIpc) is 2.24. The van der Waals surface area contributed by atoms with Crippen LogP contribution in [0.3, 0.4) is 0 Å². The summed E-state index contributed by atoms with van der Waals surface area (Å²) in [6.07, 6.45) is 2.85. The number of carbonyl (C=O) groups is 2. The Labute approximate surface area is 115 Å². The zero-order valence-electron chi connectivity index (χ0n) is 12.4. The van der Waals surface area contributed by atoms with Gasteiger partial charge in [0.2, 0.25) is 0 Å². The molecule has 1 saturated carbocycles. The third kappa shape index (κ3) is 5.21. The quantitative estimate of drug-likeness (QED) is 0.779. The van der Waals surface area contributed by atoms with Crippen molar-refractivity contribution in [3.05, 3.63) is 0 Å². The van der Waals surface area contributed by atoms with Crippen LogP contribution in [0.2, 0.25) is 0 Å². The van der Waals surface area contributed by atoms with Crippen molar-refractivity contribution in [1.29, 1.82) is 0 Å². The van der Waals surface area contributed by atoms with E-state index < -0.39 is 5.97 Å². The lowest BCUT2D eigenvalue weighted by molar-refractivity contribution is -0.159. The molecule has 0 bridgehead atoms. The van der Waals surface area contributed by atoms with E-state index in [0.717, 1.165) is 19.3 Å². The number of carboxylic acids is 1. The van der Waals surface area contributed by atoms with E-state index in [2.05, 4.69) is 27.7 Å². The van der Waals surface area contributed by atoms with Gasteiger partial charge in [-0.2, -0.15) is 0 Å². The number of ether oxygens (including phenoxy) is 1. The number of aliphatic carboxylic acids is 1. The van der Waals surface area contributed by atoms with Crippen LogP contribution in [0.1, 0.15) is 59.8 Å². The van der Waals surface area contributed by atoms with E-state index >= 15 is 0 Å². The van der Waals surface area contributed by atoms with Crippen molar-refractivity contribution in [2.45, 2.75) is 65.9 Å². The van der Waals surface area contributed by atoms with Crippen LogP contribution in [0, 0.1) is 17.3 Å². The van der Waals surface area contributed by atoms with E-state index in [1.54, 1.807) is 0 Å². The summed E-state index contributed by atoms with van der Waals surface area (Å²) >= 11 is 0. The van der Waals surface area contributed by atoms with Gasteiger partial charge in [-0.3, -0.25) is 9.59 Å². The van der Waals surface area contributed by atoms with Gasteiger partial charge in [-0.25, -0.2) is 0 Å². The molecule has 1 aliphatic carbocycles. The number of hydrogen-bond acceptors (Lipinski definition) is 3. The van der Waals surface area contributed by atoms with Crippen molar-refractivity contribution in [3.8, 4) is 0 Å². The molecule has 0 aromatic heterocycles. The Morgan fingerprint density at radius 1 is 1.32 bits per heavy atom. The summed E-state index contributed by atoms with van der Waals surface area (Å²) in [7, 11) is 0. The van der Waals surface area contributed by atoms with Gasteiger partial charge in [0, 0.05) is 0 Å². The molecule has 19 heavy (non-hydrogen) atoms. The van der Waals surface area contributed by atoms with Crippen molar-refractivity contribution in [2.24, 2.45) is 17.3 Å². The molecule has 1 fully saturated rings. The van der Waals surface area contributed by atoms with Crippen molar-refractivity contribution >= 4 is 11.9 Å². The molecule has 0 aromatic carbocycles. The lowest BCUT2D eigenvalue weighted by atomic mass is 9.68. The lowest BCUT2D eigenvalue weighted by Gasteiger charge is -2.41. The highest BCUT2D eigenvalue weighted by molar-refractivity contribution is 5.76. The van der Waals surface area contributed by atoms with E-state index in [-0.39, 0.29) is 30.3 Å². The molecule has 4 nitrogen and oxygen atoms in total. The Morgan fingerprint density at radius 3 is 2.47 bits per heavy atom. The highest BCUT2D eigenvalue weighted by atomic mass is 16.5. The summed E-state index contributed by atoms with van der Waals surface area (Å²) in [5.41, 5.74) is 0.198. The molecule has 2 unspecified atom stereocenters. The highest BCUT2D eigenvalue weighted by Crippen LogP contribution is 2.42. The molecule has 1 N–H and O–H groups in total. The maximum Gasteiger partial charge on any atom is 0.306 e. The molecule has 0 aromatic rings. The number of hydrogen-bond donors (Lipinski definition) is 1. The normalized spacial score (nSPS) is 26.2. The second kappa shape index (κ2) is 6.40. The van der Waals surface area contributed by atoms with Gasteiger partial charge in [0.25, 0.3) is 0 Å². The van der Waals surface area contributed by atoms with Crippen molar-refractivity contribution in [1.82, 2.24) is 0 Å². The van der Waals surface area contributed by atoms with Crippen molar-refractivity contribution in [2.75, 3.05) is 0 Å². The number of carboxylic acid groups (broad SMARTS) is 1. The van der Waals surface area contributed by atoms with Gasteiger partial charge < -0.3 is 9.84 Å². The van der Waals surface area contributed by atoms with Crippen LogP contribution < -0.4 is 0 Å². The Hall–Kier alpha value is -1.06. The van der Waals surface area contributed by atoms with Gasteiger partial charge in [0.05, 0.1) is 12.8 Å². The fourth-order valence-corrected chi connectivity index (χ4v) is 2.87. The molecule has 2 atom stereocenters. The van der Waals surface area contributed by atoms with Crippen LogP contribution in [-0.2, 0) is 14.3 Å². The van der Waals surface area contributed by atoms with Crippen LogP contribution in [0.4, 0.5) is 0 Å². The average molecular weight is 270 g/mol. The molecule has 110 valence electrons.